The van der Waals surface area contributed by atoms with Gasteiger partial charge in [0.05, 0.1) is 29.5 Å². The van der Waals surface area contributed by atoms with Crippen LogP contribution in [-0.2, 0) is 13.0 Å². The molecule has 1 atom stereocenters. The summed E-state index contributed by atoms with van der Waals surface area (Å²) in [7, 11) is 0. The van der Waals surface area contributed by atoms with Gasteiger partial charge in [-0.3, -0.25) is 9.67 Å². The van der Waals surface area contributed by atoms with Crippen LogP contribution in [0.3, 0.4) is 0 Å². The van der Waals surface area contributed by atoms with Crippen LogP contribution in [0, 0.1) is 0 Å². The Bertz CT molecular complexity index is 828. The minimum Gasteiger partial charge on any atom is -0.377 e. The van der Waals surface area contributed by atoms with E-state index in [1.807, 2.05) is 18.3 Å². The molecule has 1 aliphatic rings. The van der Waals surface area contributed by atoms with E-state index in [4.69, 9.17) is 11.6 Å². The number of aromatic nitrogens is 3. The van der Waals surface area contributed by atoms with Gasteiger partial charge in [0.25, 0.3) is 0 Å². The second kappa shape index (κ2) is 6.65. The van der Waals surface area contributed by atoms with Crippen molar-refractivity contribution < 1.29 is 0 Å². The lowest BCUT2D eigenvalue weighted by Crippen LogP contribution is -2.19. The molecule has 1 unspecified atom stereocenters. The number of benzene rings is 1. The minimum absolute atomic E-state index is 0.248. The number of nitrogens with one attached hydrogen (secondary N) is 1. The van der Waals surface area contributed by atoms with Crippen molar-refractivity contribution in [2.24, 2.45) is 0 Å². The van der Waals surface area contributed by atoms with Crippen molar-refractivity contribution >= 4 is 17.3 Å². The molecule has 1 aliphatic carbocycles. The first-order chi connectivity index (χ1) is 11.8. The summed E-state index contributed by atoms with van der Waals surface area (Å²) >= 11 is 6.24. The first-order valence-electron chi connectivity index (χ1n) is 8.26. The molecule has 24 heavy (non-hydrogen) atoms. The summed E-state index contributed by atoms with van der Waals surface area (Å²) in [6.45, 7) is 0.818. The molecule has 4 nitrogen and oxygen atoms in total. The van der Waals surface area contributed by atoms with Crippen LogP contribution in [0.25, 0.3) is 0 Å². The quantitative estimate of drug-likeness (QED) is 0.763. The number of pyridine rings is 1. The topological polar surface area (TPSA) is 42.7 Å². The lowest BCUT2D eigenvalue weighted by Gasteiger charge is -2.25. The lowest BCUT2D eigenvalue weighted by atomic mass is 9.92. The fraction of sp³-hybridized carbons (Fsp3) is 0.263. The molecule has 0 spiro atoms. The van der Waals surface area contributed by atoms with Crippen LogP contribution < -0.4 is 5.32 Å². The van der Waals surface area contributed by atoms with Gasteiger partial charge in [0.2, 0.25) is 0 Å². The number of halogens is 1. The molecule has 0 amide bonds. The first-order valence-corrected chi connectivity index (χ1v) is 8.63. The van der Waals surface area contributed by atoms with Crippen molar-refractivity contribution in [1.29, 1.82) is 0 Å². The van der Waals surface area contributed by atoms with Gasteiger partial charge in [-0.25, -0.2) is 0 Å². The second-order valence-electron chi connectivity index (χ2n) is 6.13. The predicted molar refractivity (Wildman–Crippen MR) is 96.3 cm³/mol. The molecule has 4 rings (SSSR count). The van der Waals surface area contributed by atoms with Gasteiger partial charge in [-0.2, -0.15) is 5.10 Å². The third kappa shape index (κ3) is 3.02. The SMILES string of the molecule is Clc1cnccc1NC1CCCc2c1cnn2Cc1ccccc1. The maximum absolute atomic E-state index is 6.24. The number of nitrogens with zero attached hydrogens (tertiary/aromatic N) is 3. The van der Waals surface area contributed by atoms with Crippen LogP contribution in [0.1, 0.15) is 35.7 Å². The van der Waals surface area contributed by atoms with Crippen LogP contribution in [0.15, 0.2) is 55.0 Å². The number of anilines is 1. The third-order valence-corrected chi connectivity index (χ3v) is 4.84. The Kier molecular flexibility index (Phi) is 4.22. The van der Waals surface area contributed by atoms with E-state index in [0.29, 0.717) is 5.02 Å². The Hall–Kier alpha value is -2.33. The highest BCUT2D eigenvalue weighted by molar-refractivity contribution is 6.33. The smallest absolute Gasteiger partial charge is 0.0820 e. The van der Waals surface area contributed by atoms with Crippen molar-refractivity contribution in [3.8, 4) is 0 Å². The molecule has 1 aromatic carbocycles. The molecular formula is C19H19ClN4. The molecule has 0 bridgehead atoms. The van der Waals surface area contributed by atoms with Crippen molar-refractivity contribution in [2.45, 2.75) is 31.8 Å². The van der Waals surface area contributed by atoms with Gasteiger partial charge < -0.3 is 5.32 Å². The van der Waals surface area contributed by atoms with Crippen molar-refractivity contribution in [3.05, 3.63) is 76.8 Å². The van der Waals surface area contributed by atoms with Gasteiger partial charge in [-0.1, -0.05) is 41.9 Å². The number of fused-ring (bicyclic) bond motifs is 1. The van der Waals surface area contributed by atoms with Gasteiger partial charge in [-0.05, 0) is 30.9 Å². The fourth-order valence-electron chi connectivity index (χ4n) is 3.34. The number of rotatable bonds is 4. The summed E-state index contributed by atoms with van der Waals surface area (Å²) in [6.07, 6.45) is 8.74. The fourth-order valence-corrected chi connectivity index (χ4v) is 3.52. The Labute approximate surface area is 146 Å². The molecule has 2 aromatic heterocycles. The highest BCUT2D eigenvalue weighted by Crippen LogP contribution is 2.34. The zero-order chi connectivity index (χ0) is 16.4. The van der Waals surface area contributed by atoms with Crippen molar-refractivity contribution in [1.82, 2.24) is 14.8 Å². The van der Waals surface area contributed by atoms with E-state index in [2.05, 4.69) is 44.3 Å². The first kappa shape index (κ1) is 15.2. The van der Waals surface area contributed by atoms with E-state index in [0.717, 1.165) is 31.5 Å². The standard InChI is InChI=1S/C19H19ClN4/c20-16-12-21-10-9-18(16)23-17-7-4-8-19-15(17)11-22-24(19)13-14-5-2-1-3-6-14/h1-3,5-6,9-12,17H,4,7-8,13H2,(H,21,23). The Morgan fingerprint density at radius 3 is 2.88 bits per heavy atom. The summed E-state index contributed by atoms with van der Waals surface area (Å²) in [5, 5.41) is 8.85. The van der Waals surface area contributed by atoms with Gasteiger partial charge in [0.1, 0.15) is 0 Å². The Morgan fingerprint density at radius 1 is 1.17 bits per heavy atom. The molecule has 2 heterocycles. The van der Waals surface area contributed by atoms with Crippen LogP contribution >= 0.6 is 11.6 Å². The normalized spacial score (nSPS) is 16.6. The zero-order valence-corrected chi connectivity index (χ0v) is 14.1. The predicted octanol–water partition coefficient (Wildman–Crippen LogP) is 4.47. The number of hydrogen-bond acceptors (Lipinski definition) is 3. The average molecular weight is 339 g/mol. The highest BCUT2D eigenvalue weighted by Gasteiger charge is 2.24. The van der Waals surface area contributed by atoms with Crippen LogP contribution in [-0.4, -0.2) is 14.8 Å². The van der Waals surface area contributed by atoms with Gasteiger partial charge >= 0.3 is 0 Å². The number of hydrogen-bond donors (Lipinski definition) is 1. The molecule has 3 aromatic rings. The van der Waals surface area contributed by atoms with Crippen LogP contribution in [0.2, 0.25) is 5.02 Å². The molecule has 0 saturated carbocycles. The van der Waals surface area contributed by atoms with E-state index >= 15 is 0 Å². The van der Waals surface area contributed by atoms with E-state index in [1.165, 1.54) is 16.8 Å². The van der Waals surface area contributed by atoms with Crippen LogP contribution in [0.5, 0.6) is 0 Å². The second-order valence-corrected chi connectivity index (χ2v) is 6.54. The van der Waals surface area contributed by atoms with E-state index < -0.39 is 0 Å². The van der Waals surface area contributed by atoms with E-state index in [-0.39, 0.29) is 6.04 Å². The van der Waals surface area contributed by atoms with Crippen molar-refractivity contribution in [2.75, 3.05) is 5.32 Å². The van der Waals surface area contributed by atoms with Crippen LogP contribution in [0.4, 0.5) is 5.69 Å². The van der Waals surface area contributed by atoms with Crippen molar-refractivity contribution in [3.63, 3.8) is 0 Å². The lowest BCUT2D eigenvalue weighted by molar-refractivity contribution is 0.556. The summed E-state index contributed by atoms with van der Waals surface area (Å²) in [5.41, 5.74) is 4.81. The van der Waals surface area contributed by atoms with Gasteiger partial charge in [-0.15, -0.1) is 0 Å². The van der Waals surface area contributed by atoms with Gasteiger partial charge in [0, 0.05) is 23.7 Å². The van der Waals surface area contributed by atoms with E-state index in [1.54, 1.807) is 12.4 Å². The summed E-state index contributed by atoms with van der Waals surface area (Å²) in [4.78, 5) is 4.04. The Balaban J connectivity index is 1.59. The minimum atomic E-state index is 0.248. The molecule has 0 saturated heterocycles. The Morgan fingerprint density at radius 2 is 2.04 bits per heavy atom. The molecular weight excluding hydrogens is 320 g/mol. The molecule has 1 N–H and O–H groups in total. The summed E-state index contributed by atoms with van der Waals surface area (Å²) in [6, 6.07) is 12.6. The van der Waals surface area contributed by atoms with Gasteiger partial charge in [0.15, 0.2) is 0 Å². The zero-order valence-electron chi connectivity index (χ0n) is 13.3. The molecule has 122 valence electrons. The monoisotopic (exact) mass is 338 g/mol. The summed E-state index contributed by atoms with van der Waals surface area (Å²) in [5.74, 6) is 0. The maximum atomic E-state index is 6.24. The highest BCUT2D eigenvalue weighted by atomic mass is 35.5. The molecule has 0 radical (unpaired) electrons. The molecule has 0 fully saturated rings. The molecule has 5 heteroatoms. The maximum Gasteiger partial charge on any atom is 0.0820 e. The van der Waals surface area contributed by atoms with E-state index in [9.17, 15) is 0 Å². The molecule has 0 aliphatic heterocycles. The average Bonchev–Trinajstić information content (AvgIpc) is 3.02. The third-order valence-electron chi connectivity index (χ3n) is 4.54. The largest absolute Gasteiger partial charge is 0.377 e. The summed E-state index contributed by atoms with van der Waals surface area (Å²) < 4.78 is 2.13.